The monoisotopic (exact) mass is 867 g/mol. The molecule has 3 aromatic heterocycles. The molecule has 0 saturated carbocycles. The van der Waals surface area contributed by atoms with Crippen molar-refractivity contribution in [1.29, 1.82) is 0 Å². The summed E-state index contributed by atoms with van der Waals surface area (Å²) in [6, 6.07) is 86.0. The molecule has 0 saturated heterocycles. The number of nitrogens with zero attached hydrogens (tertiary/aromatic N) is 4. The highest BCUT2D eigenvalue weighted by Crippen LogP contribution is 2.40. The van der Waals surface area contributed by atoms with Crippen molar-refractivity contribution in [2.24, 2.45) is 0 Å². The van der Waals surface area contributed by atoms with Crippen molar-refractivity contribution in [3.63, 3.8) is 0 Å². The Balaban J connectivity index is 0.950. The minimum atomic E-state index is 0.610. The first-order valence-electron chi connectivity index (χ1n) is 23.0. The van der Waals surface area contributed by atoms with Gasteiger partial charge in [0.25, 0.3) is 0 Å². The lowest BCUT2D eigenvalue weighted by atomic mass is 9.93. The standard InChI is InChI=1S/C63H41N5/c1-5-17-41(18-6-1)48-36-49(42-19-7-2-8-20-42)38-50(37-48)44-23-15-24-47(35-44)62-65-61(43-21-9-3-10-22-43)66-63(67-62)53-28-16-29-57-60(53)55-40-45(31-33-56(55)64-57)46-32-34-59-54(39-46)52-27-13-14-30-58(52)68(59)51-25-11-4-12-26-51/h1-40,64H. The minimum absolute atomic E-state index is 0.610. The highest BCUT2D eigenvalue weighted by Gasteiger charge is 2.19. The fourth-order valence-electron chi connectivity index (χ4n) is 9.89. The van der Waals surface area contributed by atoms with Gasteiger partial charge in [-0.1, -0.05) is 170 Å². The molecule has 3 heterocycles. The first-order chi connectivity index (χ1) is 33.7. The van der Waals surface area contributed by atoms with E-state index in [0.717, 1.165) is 77.6 Å². The predicted molar refractivity (Wildman–Crippen MR) is 282 cm³/mol. The fourth-order valence-corrected chi connectivity index (χ4v) is 9.89. The molecule has 1 N–H and O–H groups in total. The van der Waals surface area contributed by atoms with Crippen molar-refractivity contribution >= 4 is 43.6 Å². The first-order valence-corrected chi connectivity index (χ1v) is 23.0. The molecule has 13 rings (SSSR count). The van der Waals surface area contributed by atoms with Crippen LogP contribution >= 0.6 is 0 Å². The van der Waals surface area contributed by atoms with Crippen LogP contribution in [0.2, 0.25) is 0 Å². The Kier molecular flexibility index (Phi) is 9.43. The average Bonchev–Trinajstić information content (AvgIpc) is 3.97. The van der Waals surface area contributed by atoms with Gasteiger partial charge in [0.15, 0.2) is 17.5 Å². The number of benzene rings is 10. The lowest BCUT2D eigenvalue weighted by molar-refractivity contribution is 1.08. The molecule has 0 aliphatic rings. The second kappa shape index (κ2) is 16.4. The Hall–Kier alpha value is -9.19. The molecular formula is C63H41N5. The van der Waals surface area contributed by atoms with Crippen molar-refractivity contribution in [3.8, 4) is 84.4 Å². The molecule has 10 aromatic carbocycles. The lowest BCUT2D eigenvalue weighted by Crippen LogP contribution is -2.00. The first kappa shape index (κ1) is 39.2. The molecule has 0 amide bonds. The van der Waals surface area contributed by atoms with Crippen LogP contribution in [0.25, 0.3) is 128 Å². The normalized spacial score (nSPS) is 11.5. The number of nitrogens with one attached hydrogen (secondary N) is 1. The van der Waals surface area contributed by atoms with Gasteiger partial charge in [0.05, 0.1) is 11.0 Å². The van der Waals surface area contributed by atoms with Gasteiger partial charge >= 0.3 is 0 Å². The van der Waals surface area contributed by atoms with E-state index in [4.69, 9.17) is 15.0 Å². The number of hydrogen-bond acceptors (Lipinski definition) is 3. The van der Waals surface area contributed by atoms with Crippen molar-refractivity contribution in [2.75, 3.05) is 0 Å². The van der Waals surface area contributed by atoms with Gasteiger partial charge in [-0.05, 0) is 117 Å². The molecule has 0 spiro atoms. The third-order valence-corrected chi connectivity index (χ3v) is 13.2. The third-order valence-electron chi connectivity index (χ3n) is 13.2. The molecule has 0 bridgehead atoms. The molecule has 5 nitrogen and oxygen atoms in total. The quantitative estimate of drug-likeness (QED) is 0.165. The van der Waals surface area contributed by atoms with E-state index in [9.17, 15) is 0 Å². The molecular weight excluding hydrogens is 827 g/mol. The van der Waals surface area contributed by atoms with Crippen LogP contribution in [-0.2, 0) is 0 Å². The van der Waals surface area contributed by atoms with E-state index in [1.165, 1.54) is 32.9 Å². The smallest absolute Gasteiger partial charge is 0.164 e. The minimum Gasteiger partial charge on any atom is -0.354 e. The van der Waals surface area contributed by atoms with E-state index in [-0.39, 0.29) is 0 Å². The fraction of sp³-hybridized carbons (Fsp3) is 0. The number of aromatic amines is 1. The average molecular weight is 868 g/mol. The maximum atomic E-state index is 5.33. The maximum absolute atomic E-state index is 5.33. The molecule has 68 heavy (non-hydrogen) atoms. The number of H-pyrrole nitrogens is 1. The van der Waals surface area contributed by atoms with Crippen LogP contribution in [0.15, 0.2) is 243 Å². The molecule has 5 heteroatoms. The van der Waals surface area contributed by atoms with Crippen LogP contribution in [0.4, 0.5) is 0 Å². The van der Waals surface area contributed by atoms with E-state index in [1.807, 2.05) is 18.2 Å². The summed E-state index contributed by atoms with van der Waals surface area (Å²) in [6.07, 6.45) is 0. The Bertz CT molecular complexity index is 3950. The van der Waals surface area contributed by atoms with E-state index in [1.54, 1.807) is 0 Å². The van der Waals surface area contributed by atoms with Crippen LogP contribution in [0, 0.1) is 0 Å². The number of hydrogen-bond donors (Lipinski definition) is 1. The van der Waals surface area contributed by atoms with Crippen LogP contribution in [0.5, 0.6) is 0 Å². The van der Waals surface area contributed by atoms with Gasteiger partial charge in [-0.3, -0.25) is 0 Å². The summed E-state index contributed by atoms with van der Waals surface area (Å²) < 4.78 is 2.36. The zero-order valence-corrected chi connectivity index (χ0v) is 36.9. The van der Waals surface area contributed by atoms with E-state index >= 15 is 0 Å². The Morgan fingerprint density at radius 1 is 0.279 bits per heavy atom. The number of para-hydroxylation sites is 2. The number of rotatable bonds is 8. The van der Waals surface area contributed by atoms with E-state index < -0.39 is 0 Å². The third kappa shape index (κ3) is 6.93. The van der Waals surface area contributed by atoms with Crippen LogP contribution < -0.4 is 0 Å². The second-order valence-electron chi connectivity index (χ2n) is 17.3. The van der Waals surface area contributed by atoms with Crippen molar-refractivity contribution in [1.82, 2.24) is 24.5 Å². The molecule has 318 valence electrons. The van der Waals surface area contributed by atoms with Crippen molar-refractivity contribution in [3.05, 3.63) is 243 Å². The number of fused-ring (bicyclic) bond motifs is 6. The van der Waals surface area contributed by atoms with Crippen molar-refractivity contribution < 1.29 is 0 Å². The van der Waals surface area contributed by atoms with Gasteiger partial charge in [-0.15, -0.1) is 0 Å². The highest BCUT2D eigenvalue weighted by molar-refractivity contribution is 6.15. The summed E-state index contributed by atoms with van der Waals surface area (Å²) in [4.78, 5) is 19.5. The Morgan fingerprint density at radius 2 is 0.765 bits per heavy atom. The van der Waals surface area contributed by atoms with Crippen LogP contribution in [-0.4, -0.2) is 24.5 Å². The molecule has 13 aromatic rings. The van der Waals surface area contributed by atoms with Crippen LogP contribution in [0.1, 0.15) is 0 Å². The SMILES string of the molecule is c1ccc(-c2cc(-c3ccccc3)cc(-c3cccc(-c4nc(-c5ccccc5)nc(-c5cccc6[nH]c7ccc(-c8ccc9c(c8)c8ccccc8n9-c8ccccc8)cc7c56)n4)c3)c2)cc1. The zero-order valence-electron chi connectivity index (χ0n) is 36.9. The van der Waals surface area contributed by atoms with Gasteiger partial charge in [0.2, 0.25) is 0 Å². The lowest BCUT2D eigenvalue weighted by Gasteiger charge is -2.13. The summed E-state index contributed by atoms with van der Waals surface area (Å²) in [5.74, 6) is 1.84. The van der Waals surface area contributed by atoms with Gasteiger partial charge < -0.3 is 9.55 Å². The summed E-state index contributed by atoms with van der Waals surface area (Å²) >= 11 is 0. The molecule has 0 unspecified atom stereocenters. The summed E-state index contributed by atoms with van der Waals surface area (Å²) in [5.41, 5.74) is 17.5. The Labute approximate surface area is 393 Å². The van der Waals surface area contributed by atoms with E-state index in [0.29, 0.717) is 17.5 Å². The van der Waals surface area contributed by atoms with Crippen LogP contribution in [0.3, 0.4) is 0 Å². The van der Waals surface area contributed by atoms with E-state index in [2.05, 4.69) is 234 Å². The Morgan fingerprint density at radius 3 is 1.47 bits per heavy atom. The molecule has 0 aliphatic heterocycles. The number of aromatic nitrogens is 5. The molecule has 0 fully saturated rings. The molecule has 0 radical (unpaired) electrons. The summed E-state index contributed by atoms with van der Waals surface area (Å²) in [7, 11) is 0. The highest BCUT2D eigenvalue weighted by atomic mass is 15.0. The molecule has 0 aliphatic carbocycles. The maximum Gasteiger partial charge on any atom is 0.164 e. The predicted octanol–water partition coefficient (Wildman–Crippen LogP) is 16.3. The van der Waals surface area contributed by atoms with Gasteiger partial charge in [-0.2, -0.15) is 0 Å². The molecule has 0 atom stereocenters. The topological polar surface area (TPSA) is 59.4 Å². The second-order valence-corrected chi connectivity index (χ2v) is 17.3. The summed E-state index contributed by atoms with van der Waals surface area (Å²) in [6.45, 7) is 0. The van der Waals surface area contributed by atoms with Gasteiger partial charge in [0.1, 0.15) is 0 Å². The van der Waals surface area contributed by atoms with Crippen molar-refractivity contribution in [2.45, 2.75) is 0 Å². The summed E-state index contributed by atoms with van der Waals surface area (Å²) in [5, 5.41) is 4.63. The van der Waals surface area contributed by atoms with Gasteiger partial charge in [-0.25, -0.2) is 15.0 Å². The largest absolute Gasteiger partial charge is 0.354 e. The zero-order chi connectivity index (χ0) is 45.0. The van der Waals surface area contributed by atoms with Gasteiger partial charge in [0, 0.05) is 55.0 Å².